The van der Waals surface area contributed by atoms with Crippen molar-refractivity contribution in [2.45, 2.75) is 110 Å². The Morgan fingerprint density at radius 1 is 1.22 bits per heavy atom. The van der Waals surface area contributed by atoms with Crippen LogP contribution >= 0.6 is 0 Å². The minimum atomic E-state index is -1.29. The number of hydrogen-bond acceptors (Lipinski definition) is 7. The number of ether oxygens (including phenoxy) is 2. The molecule has 0 aromatic carbocycles. The summed E-state index contributed by atoms with van der Waals surface area (Å²) >= 11 is 0. The van der Waals surface area contributed by atoms with Gasteiger partial charge in [0.05, 0.1) is 23.9 Å². The van der Waals surface area contributed by atoms with Crippen LogP contribution < -0.4 is 0 Å². The van der Waals surface area contributed by atoms with Gasteiger partial charge in [-0.3, -0.25) is 9.59 Å². The van der Waals surface area contributed by atoms with Crippen LogP contribution in [0.25, 0.3) is 0 Å². The summed E-state index contributed by atoms with van der Waals surface area (Å²) in [7, 11) is 0. The van der Waals surface area contributed by atoms with Gasteiger partial charge >= 0.3 is 5.97 Å². The Labute approximate surface area is 221 Å². The summed E-state index contributed by atoms with van der Waals surface area (Å²) in [5.74, 6) is 0.617. The van der Waals surface area contributed by atoms with E-state index in [9.17, 15) is 24.9 Å². The normalized spacial score (nSPS) is 49.5. The summed E-state index contributed by atoms with van der Waals surface area (Å²) in [6.07, 6.45) is 7.69. The molecule has 5 aliphatic rings. The van der Waals surface area contributed by atoms with Gasteiger partial charge in [-0.15, -0.1) is 0 Å². The minimum absolute atomic E-state index is 0.0567. The lowest BCUT2D eigenvalue weighted by Gasteiger charge is -2.61. The third-order valence-electron chi connectivity index (χ3n) is 11.9. The fraction of sp³-hybridized carbons (Fsp3) is 0.867. The summed E-state index contributed by atoms with van der Waals surface area (Å²) in [5.41, 5.74) is -1.65. The van der Waals surface area contributed by atoms with E-state index >= 15 is 0 Å². The van der Waals surface area contributed by atoms with Crippen molar-refractivity contribution in [1.82, 2.24) is 0 Å². The molecule has 0 unspecified atom stereocenters. The smallest absolute Gasteiger partial charge is 0.302 e. The lowest BCUT2D eigenvalue weighted by Crippen LogP contribution is -2.60. The first-order valence-corrected chi connectivity index (χ1v) is 14.4. The van der Waals surface area contributed by atoms with Crippen LogP contribution in [0.2, 0.25) is 0 Å². The number of aliphatic hydroxyl groups excluding tert-OH is 2. The Hall–Kier alpha value is -1.28. The van der Waals surface area contributed by atoms with Crippen LogP contribution in [-0.2, 0) is 19.1 Å². The number of ketones is 1. The van der Waals surface area contributed by atoms with E-state index in [1.54, 1.807) is 6.92 Å². The standard InChI is InChI=1S/C30H46O7/c1-16-23(33)15-36-24(16)14-26(34)30(5,35)25-9-8-21-20-7-6-18-12-19(32)13-27(37-17(2)31)29(18,4)22(20)10-11-28(21,25)3/h6-7,16,18-22,24-27,32,34-35H,8-15H2,1-5H3/t16-,18+,19+,20-,21+,22-,24-,25-,26+,27-,28-,29-,30+/m0/s1. The highest BCUT2D eigenvalue weighted by Crippen LogP contribution is 2.67. The molecular weight excluding hydrogens is 472 g/mol. The topological polar surface area (TPSA) is 113 Å². The molecule has 7 heteroatoms. The number of carbonyl (C=O) groups excluding carboxylic acids is 2. The van der Waals surface area contributed by atoms with E-state index < -0.39 is 17.8 Å². The average Bonchev–Trinajstić information content (AvgIpc) is 3.34. The first-order valence-electron chi connectivity index (χ1n) is 14.4. The van der Waals surface area contributed by atoms with Crippen molar-refractivity contribution in [3.05, 3.63) is 12.2 Å². The van der Waals surface area contributed by atoms with E-state index in [0.717, 1.165) is 25.7 Å². The molecule has 1 heterocycles. The zero-order valence-corrected chi connectivity index (χ0v) is 23.1. The van der Waals surface area contributed by atoms with E-state index in [4.69, 9.17) is 9.47 Å². The number of aliphatic hydroxyl groups is 3. The Balaban J connectivity index is 1.38. The molecular formula is C30H46O7. The SMILES string of the molecule is CC(=O)O[C@H]1C[C@H](O)C[C@H]2C=C[C@H]3[C@H]4CC[C@H]([C@@](C)(O)[C@H](O)C[C@@H]5OCC(=O)[C@@H]5C)[C@@]4(C)CC[C@@H]3[C@]21C. The molecule has 1 aliphatic heterocycles. The molecule has 1 saturated heterocycles. The van der Waals surface area contributed by atoms with Gasteiger partial charge in [0.25, 0.3) is 0 Å². The number of Topliss-reactive ketones (excluding diaryl/α,β-unsaturated/α-hetero) is 1. The van der Waals surface area contributed by atoms with E-state index in [1.807, 2.05) is 6.92 Å². The molecule has 0 spiro atoms. The van der Waals surface area contributed by atoms with Crippen molar-refractivity contribution in [1.29, 1.82) is 0 Å². The maximum Gasteiger partial charge on any atom is 0.302 e. The lowest BCUT2D eigenvalue weighted by atomic mass is 9.45. The molecule has 4 fully saturated rings. The van der Waals surface area contributed by atoms with Crippen molar-refractivity contribution in [3.8, 4) is 0 Å². The molecule has 3 saturated carbocycles. The second-order valence-electron chi connectivity index (χ2n) is 13.6. The van der Waals surface area contributed by atoms with Gasteiger partial charge in [0, 0.05) is 31.1 Å². The van der Waals surface area contributed by atoms with Crippen LogP contribution in [0.5, 0.6) is 0 Å². The quantitative estimate of drug-likeness (QED) is 0.377. The third-order valence-corrected chi connectivity index (χ3v) is 11.9. The van der Waals surface area contributed by atoms with Crippen LogP contribution in [0.15, 0.2) is 12.2 Å². The molecule has 4 aliphatic carbocycles. The highest BCUT2D eigenvalue weighted by molar-refractivity contribution is 5.84. The fourth-order valence-corrected chi connectivity index (χ4v) is 9.60. The molecule has 0 bridgehead atoms. The second kappa shape index (κ2) is 9.42. The molecule has 37 heavy (non-hydrogen) atoms. The predicted molar refractivity (Wildman–Crippen MR) is 137 cm³/mol. The number of carbonyl (C=O) groups is 2. The monoisotopic (exact) mass is 518 g/mol. The van der Waals surface area contributed by atoms with Crippen LogP contribution in [0.4, 0.5) is 0 Å². The highest BCUT2D eigenvalue weighted by atomic mass is 16.5. The van der Waals surface area contributed by atoms with Crippen LogP contribution in [-0.4, -0.2) is 63.7 Å². The zero-order chi connectivity index (χ0) is 26.9. The maximum atomic E-state index is 12.0. The van der Waals surface area contributed by atoms with Gasteiger partial charge in [0.1, 0.15) is 12.7 Å². The van der Waals surface area contributed by atoms with Crippen LogP contribution in [0.1, 0.15) is 79.6 Å². The summed E-state index contributed by atoms with van der Waals surface area (Å²) in [4.78, 5) is 24.0. The molecule has 0 amide bonds. The predicted octanol–water partition coefficient (Wildman–Crippen LogP) is 3.43. The van der Waals surface area contributed by atoms with Gasteiger partial charge in [-0.2, -0.15) is 0 Å². The van der Waals surface area contributed by atoms with Crippen molar-refractivity contribution < 1.29 is 34.4 Å². The Bertz CT molecular complexity index is 944. The number of allylic oxidation sites excluding steroid dienone is 2. The number of esters is 1. The van der Waals surface area contributed by atoms with Crippen LogP contribution in [0, 0.1) is 46.3 Å². The van der Waals surface area contributed by atoms with Crippen molar-refractivity contribution in [2.75, 3.05) is 6.61 Å². The maximum absolute atomic E-state index is 12.0. The zero-order valence-electron chi connectivity index (χ0n) is 23.1. The molecule has 208 valence electrons. The highest BCUT2D eigenvalue weighted by Gasteiger charge is 2.64. The largest absolute Gasteiger partial charge is 0.462 e. The summed E-state index contributed by atoms with van der Waals surface area (Å²) in [6, 6.07) is 0. The van der Waals surface area contributed by atoms with E-state index in [1.165, 1.54) is 6.92 Å². The average molecular weight is 519 g/mol. The first-order chi connectivity index (χ1) is 17.3. The Morgan fingerprint density at radius 2 is 1.95 bits per heavy atom. The molecule has 0 radical (unpaired) electrons. The molecule has 3 N–H and O–H groups in total. The molecule has 7 nitrogen and oxygen atoms in total. The second-order valence-corrected chi connectivity index (χ2v) is 13.6. The Kier molecular flexibility index (Phi) is 6.95. The van der Waals surface area contributed by atoms with Gasteiger partial charge in [-0.25, -0.2) is 0 Å². The molecule has 0 aromatic rings. The van der Waals surface area contributed by atoms with Crippen LogP contribution in [0.3, 0.4) is 0 Å². The number of fused-ring (bicyclic) bond motifs is 5. The number of hydrogen-bond donors (Lipinski definition) is 3. The van der Waals surface area contributed by atoms with E-state index in [-0.39, 0.29) is 65.6 Å². The van der Waals surface area contributed by atoms with Gasteiger partial charge in [-0.05, 0) is 74.0 Å². The van der Waals surface area contributed by atoms with Gasteiger partial charge in [-0.1, -0.05) is 32.9 Å². The van der Waals surface area contributed by atoms with Gasteiger partial charge < -0.3 is 24.8 Å². The van der Waals surface area contributed by atoms with Crippen molar-refractivity contribution >= 4 is 11.8 Å². The summed E-state index contributed by atoms with van der Waals surface area (Å²) in [5, 5.41) is 33.6. The molecule has 5 rings (SSSR count). The van der Waals surface area contributed by atoms with Gasteiger partial charge in [0.2, 0.25) is 0 Å². The summed E-state index contributed by atoms with van der Waals surface area (Å²) in [6.45, 7) is 9.71. The van der Waals surface area contributed by atoms with Gasteiger partial charge in [0.15, 0.2) is 5.78 Å². The van der Waals surface area contributed by atoms with E-state index in [2.05, 4.69) is 26.0 Å². The minimum Gasteiger partial charge on any atom is -0.462 e. The van der Waals surface area contributed by atoms with E-state index in [0.29, 0.717) is 30.6 Å². The third kappa shape index (κ3) is 4.23. The molecule has 13 atom stereocenters. The van der Waals surface area contributed by atoms with Crippen molar-refractivity contribution in [3.63, 3.8) is 0 Å². The number of rotatable bonds is 5. The Morgan fingerprint density at radius 3 is 2.59 bits per heavy atom. The first kappa shape index (κ1) is 27.3. The molecule has 0 aromatic heterocycles. The van der Waals surface area contributed by atoms with Crippen molar-refractivity contribution in [2.24, 2.45) is 46.3 Å². The lowest BCUT2D eigenvalue weighted by molar-refractivity contribution is -0.188. The fourth-order valence-electron chi connectivity index (χ4n) is 9.60. The summed E-state index contributed by atoms with van der Waals surface area (Å²) < 4.78 is 11.5.